The molecule has 0 atom stereocenters. The quantitative estimate of drug-likeness (QED) is 0.694. The molecule has 92 valence electrons. The number of nitrogens with two attached hydrogens (primary N) is 1. The van der Waals surface area contributed by atoms with Gasteiger partial charge in [0.05, 0.1) is 10.6 Å². The highest BCUT2D eigenvalue weighted by Crippen LogP contribution is 2.39. The number of carbonyl (C=O) groups excluding carboxylic acids is 1. The normalized spacial score (nSPS) is 21.1. The van der Waals surface area contributed by atoms with Crippen LogP contribution in [0.3, 0.4) is 0 Å². The van der Waals surface area contributed by atoms with Crippen molar-refractivity contribution >= 4 is 27.1 Å². The zero-order valence-electron chi connectivity index (χ0n) is 9.89. The summed E-state index contributed by atoms with van der Waals surface area (Å²) >= 11 is 0. The molecular weight excluding hydrogens is 240 g/mol. The van der Waals surface area contributed by atoms with Gasteiger partial charge in [0.1, 0.15) is 4.75 Å². The third-order valence-corrected chi connectivity index (χ3v) is 5.57. The summed E-state index contributed by atoms with van der Waals surface area (Å²) in [6.45, 7) is 2.83. The molecule has 17 heavy (non-hydrogen) atoms. The van der Waals surface area contributed by atoms with E-state index in [0.717, 1.165) is 0 Å². The largest absolute Gasteiger partial charge is 0.399 e. The molecule has 1 heterocycles. The number of sulfone groups is 1. The summed E-state index contributed by atoms with van der Waals surface area (Å²) in [7, 11) is -2.11. The van der Waals surface area contributed by atoms with Crippen molar-refractivity contribution in [3.05, 3.63) is 18.2 Å². The summed E-state index contributed by atoms with van der Waals surface area (Å²) in [6.07, 6.45) is 0. The molecule has 1 aliphatic rings. The third kappa shape index (κ3) is 1.37. The molecule has 0 aromatic heterocycles. The average Bonchev–Trinajstić information content (AvgIpc) is 2.24. The van der Waals surface area contributed by atoms with Crippen LogP contribution < -0.4 is 10.6 Å². The molecule has 1 aliphatic heterocycles. The maximum atomic E-state index is 12.3. The number of nitrogens with zero attached hydrogens (tertiary/aromatic N) is 1. The minimum atomic E-state index is -3.67. The van der Waals surface area contributed by atoms with Crippen LogP contribution in [0.4, 0.5) is 11.4 Å². The molecule has 0 fully saturated rings. The molecule has 0 radical (unpaired) electrons. The maximum Gasteiger partial charge on any atom is 0.248 e. The average molecular weight is 254 g/mol. The minimum absolute atomic E-state index is 0.152. The number of nitrogen functional groups attached to an aromatic ring is 1. The molecule has 6 heteroatoms. The second-order valence-corrected chi connectivity index (χ2v) is 7.07. The zero-order valence-corrected chi connectivity index (χ0v) is 10.7. The Morgan fingerprint density at radius 3 is 2.47 bits per heavy atom. The van der Waals surface area contributed by atoms with Crippen LogP contribution in [0.1, 0.15) is 13.8 Å². The SMILES string of the molecule is CN1C(=O)C(C)(C)S(=O)(=O)c2ccc(N)cc21. The number of amides is 1. The smallest absolute Gasteiger partial charge is 0.248 e. The summed E-state index contributed by atoms with van der Waals surface area (Å²) in [4.78, 5) is 13.5. The summed E-state index contributed by atoms with van der Waals surface area (Å²) in [5.41, 5.74) is 6.38. The lowest BCUT2D eigenvalue weighted by molar-refractivity contribution is -0.120. The number of benzene rings is 1. The van der Waals surface area contributed by atoms with Gasteiger partial charge >= 0.3 is 0 Å². The van der Waals surface area contributed by atoms with Gasteiger partial charge in [0, 0.05) is 12.7 Å². The van der Waals surface area contributed by atoms with Gasteiger partial charge in [0.25, 0.3) is 0 Å². The summed E-state index contributed by atoms with van der Waals surface area (Å²) in [5.74, 6) is -0.449. The molecule has 1 aromatic carbocycles. The first-order valence-corrected chi connectivity index (χ1v) is 6.60. The highest BCUT2D eigenvalue weighted by Gasteiger charge is 2.50. The molecule has 0 aliphatic carbocycles. The lowest BCUT2D eigenvalue weighted by atomic mass is 10.1. The molecule has 5 nitrogen and oxygen atoms in total. The van der Waals surface area contributed by atoms with Gasteiger partial charge in [-0.15, -0.1) is 0 Å². The van der Waals surface area contributed by atoms with E-state index < -0.39 is 20.5 Å². The van der Waals surface area contributed by atoms with Crippen molar-refractivity contribution in [3.63, 3.8) is 0 Å². The molecule has 0 spiro atoms. The first kappa shape index (κ1) is 11.9. The molecule has 2 rings (SSSR count). The lowest BCUT2D eigenvalue weighted by Crippen LogP contribution is -2.52. The maximum absolute atomic E-state index is 12.3. The topological polar surface area (TPSA) is 80.5 Å². The Hall–Kier alpha value is -1.56. The van der Waals surface area contributed by atoms with E-state index in [-0.39, 0.29) is 4.90 Å². The Morgan fingerprint density at radius 2 is 1.88 bits per heavy atom. The zero-order chi connectivity index (χ0) is 13.0. The Bertz CT molecular complexity index is 605. The van der Waals surface area contributed by atoms with E-state index in [4.69, 9.17) is 5.73 Å². The number of anilines is 2. The van der Waals surface area contributed by atoms with Crippen molar-refractivity contribution in [3.8, 4) is 0 Å². The van der Waals surface area contributed by atoms with E-state index in [1.54, 1.807) is 7.05 Å². The predicted molar refractivity (Wildman–Crippen MR) is 65.5 cm³/mol. The number of fused-ring (bicyclic) bond motifs is 1. The number of rotatable bonds is 0. The van der Waals surface area contributed by atoms with E-state index in [1.807, 2.05) is 0 Å². The van der Waals surface area contributed by atoms with Crippen molar-refractivity contribution < 1.29 is 13.2 Å². The third-order valence-electron chi connectivity index (χ3n) is 3.13. The Labute approximate surface area is 100 Å². The molecule has 0 bridgehead atoms. The van der Waals surface area contributed by atoms with Crippen LogP contribution in [0.15, 0.2) is 23.1 Å². The van der Waals surface area contributed by atoms with E-state index in [2.05, 4.69) is 0 Å². The van der Waals surface area contributed by atoms with Crippen LogP contribution in [0, 0.1) is 0 Å². The molecule has 1 amide bonds. The predicted octanol–water partition coefficient (Wildman–Crippen LogP) is 0.797. The van der Waals surface area contributed by atoms with Crippen molar-refractivity contribution in [2.75, 3.05) is 17.7 Å². The summed E-state index contributed by atoms with van der Waals surface area (Å²) in [6, 6.07) is 4.47. The van der Waals surface area contributed by atoms with E-state index >= 15 is 0 Å². The molecule has 2 N–H and O–H groups in total. The molecular formula is C11H14N2O3S. The van der Waals surface area contributed by atoms with Gasteiger partial charge < -0.3 is 10.6 Å². The second kappa shape index (κ2) is 3.22. The Morgan fingerprint density at radius 1 is 1.29 bits per heavy atom. The van der Waals surface area contributed by atoms with Crippen LogP contribution in [0.25, 0.3) is 0 Å². The van der Waals surface area contributed by atoms with Crippen molar-refractivity contribution in [2.45, 2.75) is 23.5 Å². The van der Waals surface area contributed by atoms with Crippen LogP contribution >= 0.6 is 0 Å². The lowest BCUT2D eigenvalue weighted by Gasteiger charge is -2.36. The fourth-order valence-corrected chi connectivity index (χ4v) is 3.56. The van der Waals surface area contributed by atoms with Crippen LogP contribution in [-0.2, 0) is 14.6 Å². The summed E-state index contributed by atoms with van der Waals surface area (Å²) < 4.78 is 23.2. The van der Waals surface area contributed by atoms with Crippen molar-refractivity contribution in [1.29, 1.82) is 0 Å². The van der Waals surface area contributed by atoms with E-state index in [0.29, 0.717) is 11.4 Å². The van der Waals surface area contributed by atoms with Gasteiger partial charge in [-0.2, -0.15) is 0 Å². The Balaban J connectivity index is 2.85. The fourth-order valence-electron chi connectivity index (χ4n) is 1.93. The molecule has 1 aromatic rings. The van der Waals surface area contributed by atoms with E-state index in [1.165, 1.54) is 36.9 Å². The van der Waals surface area contributed by atoms with E-state index in [9.17, 15) is 13.2 Å². The monoisotopic (exact) mass is 254 g/mol. The number of carbonyl (C=O) groups is 1. The second-order valence-electron chi connectivity index (χ2n) is 4.61. The van der Waals surface area contributed by atoms with Crippen molar-refractivity contribution in [2.24, 2.45) is 0 Å². The van der Waals surface area contributed by atoms with Crippen LogP contribution in [-0.4, -0.2) is 26.1 Å². The van der Waals surface area contributed by atoms with Crippen molar-refractivity contribution in [1.82, 2.24) is 0 Å². The first-order valence-electron chi connectivity index (χ1n) is 5.12. The number of hydrogen-bond donors (Lipinski definition) is 1. The minimum Gasteiger partial charge on any atom is -0.399 e. The standard InChI is InChI=1S/C11H14N2O3S/c1-11(2)10(14)13(3)8-6-7(12)4-5-9(8)17(11,15)16/h4-6H,12H2,1-3H3. The van der Waals surface area contributed by atoms with Gasteiger partial charge in [0.2, 0.25) is 5.91 Å². The number of hydrogen-bond acceptors (Lipinski definition) is 4. The molecule has 0 unspecified atom stereocenters. The highest BCUT2D eigenvalue weighted by molar-refractivity contribution is 7.94. The van der Waals surface area contributed by atoms with Gasteiger partial charge in [0.15, 0.2) is 9.84 Å². The van der Waals surface area contributed by atoms with Crippen LogP contribution in [0.2, 0.25) is 0 Å². The van der Waals surface area contributed by atoms with Gasteiger partial charge in [-0.1, -0.05) is 0 Å². The van der Waals surface area contributed by atoms with Gasteiger partial charge in [-0.3, -0.25) is 4.79 Å². The fraction of sp³-hybridized carbons (Fsp3) is 0.364. The van der Waals surface area contributed by atoms with Crippen LogP contribution in [0.5, 0.6) is 0 Å². The molecule has 0 saturated heterocycles. The Kier molecular flexibility index (Phi) is 2.26. The van der Waals surface area contributed by atoms with Gasteiger partial charge in [-0.25, -0.2) is 8.42 Å². The molecule has 0 saturated carbocycles. The summed E-state index contributed by atoms with van der Waals surface area (Å²) in [5, 5.41) is 0. The van der Waals surface area contributed by atoms with Gasteiger partial charge in [-0.05, 0) is 32.0 Å². The highest BCUT2D eigenvalue weighted by atomic mass is 32.2. The first-order chi connectivity index (χ1) is 7.69.